The molecule has 13 nitrogen and oxygen atoms in total. The van der Waals surface area contributed by atoms with Crippen molar-refractivity contribution in [3.63, 3.8) is 0 Å². The molecule has 2 fully saturated rings. The maximum atomic E-state index is 13.0. The topological polar surface area (TPSA) is 202 Å². The minimum Gasteiger partial charge on any atom is -0.454 e. The van der Waals surface area contributed by atoms with E-state index in [0.717, 1.165) is 51.4 Å². The van der Waals surface area contributed by atoms with Crippen LogP contribution in [-0.4, -0.2) is 117 Å². The van der Waals surface area contributed by atoms with Gasteiger partial charge in [-0.15, -0.1) is 0 Å². The van der Waals surface area contributed by atoms with Crippen molar-refractivity contribution >= 4 is 11.9 Å². The van der Waals surface area contributed by atoms with E-state index in [-0.39, 0.29) is 12.8 Å². The zero-order valence-electron chi connectivity index (χ0n) is 37.0. The Hall–Kier alpha value is -1.42. The number of ether oxygens (including phenoxy) is 5. The van der Waals surface area contributed by atoms with Crippen LogP contribution in [0.4, 0.5) is 0 Å². The Kier molecular flexibility index (Phi) is 30.2. The predicted octanol–water partition coefficient (Wildman–Crippen LogP) is 7.45. The summed E-state index contributed by atoms with van der Waals surface area (Å²) in [6, 6.07) is 0. The van der Waals surface area contributed by atoms with Crippen molar-refractivity contribution in [2.45, 2.75) is 261 Å². The summed E-state index contributed by atoms with van der Waals surface area (Å²) in [7, 11) is 0. The van der Waals surface area contributed by atoms with Gasteiger partial charge in [-0.25, -0.2) is 0 Å². The number of esters is 2. The van der Waals surface area contributed by atoms with Crippen molar-refractivity contribution in [3.8, 4) is 0 Å². The van der Waals surface area contributed by atoms with E-state index in [4.69, 9.17) is 23.7 Å². The maximum Gasteiger partial charge on any atom is 0.306 e. The minimum absolute atomic E-state index is 0.0418. The largest absolute Gasteiger partial charge is 0.454 e. The number of aliphatic hydroxyl groups excluding tert-OH is 6. The van der Waals surface area contributed by atoms with E-state index < -0.39 is 86.6 Å². The molecule has 0 saturated carbocycles. The highest BCUT2D eigenvalue weighted by molar-refractivity contribution is 5.70. The van der Waals surface area contributed by atoms with Gasteiger partial charge >= 0.3 is 11.9 Å². The van der Waals surface area contributed by atoms with Gasteiger partial charge in [0.25, 0.3) is 0 Å². The Morgan fingerprint density at radius 1 is 0.492 bits per heavy atom. The normalized spacial score (nSPS) is 27.0. The highest BCUT2D eigenvalue weighted by Gasteiger charge is 2.61. The lowest BCUT2D eigenvalue weighted by Crippen LogP contribution is -2.64. The van der Waals surface area contributed by atoms with E-state index >= 15 is 0 Å². The van der Waals surface area contributed by atoms with E-state index in [1.807, 2.05) is 0 Å². The lowest BCUT2D eigenvalue weighted by atomic mass is 9.98. The van der Waals surface area contributed by atoms with E-state index in [1.54, 1.807) is 0 Å². The molecule has 13 heteroatoms. The number of hydrogen-bond donors (Lipinski definition) is 6. The van der Waals surface area contributed by atoms with Gasteiger partial charge in [-0.05, 0) is 12.8 Å². The third-order valence-electron chi connectivity index (χ3n) is 12.0. The standard InChI is InChI=1S/C46H86O13/c1-3-5-7-9-11-13-15-17-18-20-22-23-25-27-29-31-38(50)56-43-42(54)40(52)36(33-47)55-45(43)59-46(35-49)44(41(53)37(34-48)58-46)57-39(51)32-30-28-26-24-21-19-16-14-12-10-8-6-4-2/h36-37,40-45,47-49,52-54H,3-35H2,1-2H3/t36-,37-,40-,41-,42+,43-,44+,45-,46+/m1/s1. The molecule has 2 heterocycles. The fourth-order valence-electron chi connectivity index (χ4n) is 8.22. The Bertz CT molecular complexity index is 1050. The second-order valence-corrected chi connectivity index (χ2v) is 17.2. The fourth-order valence-corrected chi connectivity index (χ4v) is 8.22. The van der Waals surface area contributed by atoms with Crippen LogP contribution < -0.4 is 0 Å². The molecule has 59 heavy (non-hydrogen) atoms. The van der Waals surface area contributed by atoms with Gasteiger partial charge in [0, 0.05) is 12.8 Å². The molecular formula is C46H86O13. The summed E-state index contributed by atoms with van der Waals surface area (Å²) >= 11 is 0. The van der Waals surface area contributed by atoms with Gasteiger partial charge in [-0.1, -0.05) is 181 Å². The van der Waals surface area contributed by atoms with Crippen LogP contribution in [0.15, 0.2) is 0 Å². The first-order valence-corrected chi connectivity index (χ1v) is 23.9. The molecule has 348 valence electrons. The SMILES string of the molecule is CCCCCCCCCCCCCCCCCC(=O)O[C@H]1[C@@H](O[C@]2(CO)O[C@H](CO)[C@@H](O)[C@@H]2OC(=O)CCCCCCCCCCCCCCC)O[C@H](CO)[C@@H](O)[C@@H]1O. The average Bonchev–Trinajstić information content (AvgIpc) is 3.49. The first kappa shape index (κ1) is 53.7. The Labute approximate surface area is 356 Å². The van der Waals surface area contributed by atoms with E-state index in [9.17, 15) is 40.2 Å². The monoisotopic (exact) mass is 847 g/mol. The maximum absolute atomic E-state index is 13.0. The van der Waals surface area contributed by atoms with Gasteiger partial charge in [0.1, 0.15) is 37.1 Å². The Balaban J connectivity index is 1.84. The molecule has 0 bridgehead atoms. The smallest absolute Gasteiger partial charge is 0.306 e. The van der Waals surface area contributed by atoms with Gasteiger partial charge in [-0.2, -0.15) is 0 Å². The lowest BCUT2D eigenvalue weighted by Gasteiger charge is -2.44. The molecule has 0 aliphatic carbocycles. The summed E-state index contributed by atoms with van der Waals surface area (Å²) in [6.07, 6.45) is 19.9. The van der Waals surface area contributed by atoms with Gasteiger partial charge in [0.15, 0.2) is 12.2 Å². The molecule has 0 aromatic heterocycles. The molecule has 0 aromatic carbocycles. The predicted molar refractivity (Wildman–Crippen MR) is 226 cm³/mol. The second-order valence-electron chi connectivity index (χ2n) is 17.2. The fraction of sp³-hybridized carbons (Fsp3) is 0.957. The molecule has 0 amide bonds. The van der Waals surface area contributed by atoms with E-state index in [1.165, 1.54) is 116 Å². The van der Waals surface area contributed by atoms with Gasteiger partial charge < -0.3 is 54.3 Å². The number of hydrogen-bond acceptors (Lipinski definition) is 13. The van der Waals surface area contributed by atoms with Crippen LogP contribution in [0.1, 0.15) is 206 Å². The molecular weight excluding hydrogens is 760 g/mol. The van der Waals surface area contributed by atoms with Gasteiger partial charge in [-0.3, -0.25) is 9.59 Å². The average molecular weight is 847 g/mol. The summed E-state index contributed by atoms with van der Waals surface area (Å²) in [5, 5.41) is 63.1. The van der Waals surface area contributed by atoms with Gasteiger partial charge in [0.2, 0.25) is 12.1 Å². The zero-order valence-corrected chi connectivity index (χ0v) is 37.0. The van der Waals surface area contributed by atoms with E-state index in [0.29, 0.717) is 12.8 Å². The number of aliphatic hydroxyl groups is 6. The highest BCUT2D eigenvalue weighted by Crippen LogP contribution is 2.39. The quantitative estimate of drug-likeness (QED) is 0.0266. The van der Waals surface area contributed by atoms with Crippen molar-refractivity contribution in [1.82, 2.24) is 0 Å². The van der Waals surface area contributed by atoms with Crippen LogP contribution in [0, 0.1) is 0 Å². The van der Waals surface area contributed by atoms with Crippen LogP contribution in [0.5, 0.6) is 0 Å². The molecule has 0 radical (unpaired) electrons. The van der Waals surface area contributed by atoms with Crippen molar-refractivity contribution < 1.29 is 63.9 Å². The lowest BCUT2D eigenvalue weighted by molar-refractivity contribution is -0.384. The number of rotatable bonds is 37. The highest BCUT2D eigenvalue weighted by atomic mass is 16.8. The molecule has 6 N–H and O–H groups in total. The molecule has 2 aliphatic heterocycles. The molecule has 2 saturated heterocycles. The van der Waals surface area contributed by atoms with Crippen molar-refractivity contribution in [2.24, 2.45) is 0 Å². The summed E-state index contributed by atoms with van der Waals surface area (Å²) in [5.41, 5.74) is 0. The summed E-state index contributed by atoms with van der Waals surface area (Å²) < 4.78 is 28.7. The molecule has 2 rings (SSSR count). The third kappa shape index (κ3) is 21.0. The Morgan fingerprint density at radius 3 is 1.24 bits per heavy atom. The van der Waals surface area contributed by atoms with E-state index in [2.05, 4.69) is 13.8 Å². The van der Waals surface area contributed by atoms with Crippen LogP contribution in [0.3, 0.4) is 0 Å². The zero-order chi connectivity index (χ0) is 43.1. The molecule has 0 unspecified atom stereocenters. The first-order valence-electron chi connectivity index (χ1n) is 23.9. The van der Waals surface area contributed by atoms with Crippen LogP contribution >= 0.6 is 0 Å². The third-order valence-corrected chi connectivity index (χ3v) is 12.0. The van der Waals surface area contributed by atoms with Crippen LogP contribution in [0.25, 0.3) is 0 Å². The number of carbonyl (C=O) groups is 2. The minimum atomic E-state index is -2.30. The molecule has 0 spiro atoms. The van der Waals surface area contributed by atoms with Crippen molar-refractivity contribution in [3.05, 3.63) is 0 Å². The van der Waals surface area contributed by atoms with Crippen LogP contribution in [-0.2, 0) is 33.3 Å². The molecule has 9 atom stereocenters. The van der Waals surface area contributed by atoms with Crippen molar-refractivity contribution in [1.29, 1.82) is 0 Å². The summed E-state index contributed by atoms with van der Waals surface area (Å²) in [5.74, 6) is -3.64. The number of unbranched alkanes of at least 4 members (excludes halogenated alkanes) is 26. The van der Waals surface area contributed by atoms with Crippen molar-refractivity contribution in [2.75, 3.05) is 19.8 Å². The second kappa shape index (κ2) is 33.2. The first-order chi connectivity index (χ1) is 28.7. The molecule has 0 aromatic rings. The van der Waals surface area contributed by atoms with Crippen LogP contribution in [0.2, 0.25) is 0 Å². The number of carbonyl (C=O) groups excluding carboxylic acids is 2. The summed E-state index contributed by atoms with van der Waals surface area (Å²) in [4.78, 5) is 26.0. The Morgan fingerprint density at radius 2 is 0.864 bits per heavy atom. The molecule has 2 aliphatic rings. The van der Waals surface area contributed by atoms with Gasteiger partial charge in [0.05, 0.1) is 13.2 Å². The summed E-state index contributed by atoms with van der Waals surface area (Å²) in [6.45, 7) is 2.04.